The fourth-order valence-corrected chi connectivity index (χ4v) is 0.525. The predicted molar refractivity (Wildman–Crippen MR) is 49.5 cm³/mol. The van der Waals surface area contributed by atoms with Gasteiger partial charge in [0, 0.05) is 12.1 Å². The third kappa shape index (κ3) is 5.78. The van der Waals surface area contributed by atoms with Crippen LogP contribution < -0.4 is 11.1 Å². The van der Waals surface area contributed by atoms with Crippen LogP contribution in [0.1, 0.15) is 13.8 Å². The number of hydrogen-bond donors (Lipinski definition) is 2. The van der Waals surface area contributed by atoms with Crippen LogP contribution in [0.3, 0.4) is 0 Å². The summed E-state index contributed by atoms with van der Waals surface area (Å²) in [7, 11) is 0. The number of nitrogens with two attached hydrogens (primary N) is 1. The first-order valence-corrected chi connectivity index (χ1v) is 3.80. The Bertz CT molecular complexity index is 218. The number of rotatable bonds is 4. The van der Waals surface area contributed by atoms with Crippen molar-refractivity contribution in [3.8, 4) is 0 Å². The van der Waals surface area contributed by atoms with Crippen molar-refractivity contribution in [3.63, 3.8) is 0 Å². The molecule has 0 aromatic carbocycles. The zero-order valence-electron chi connectivity index (χ0n) is 8.19. The standard InChI is InChI=1S/C7H12F4N2O.ClH/c1-6(2,12)3-13-5(14)7(10,11)4(8)9;/h4H,3,12H2,1-2H3,(H,13,14);1H. The summed E-state index contributed by atoms with van der Waals surface area (Å²) < 4.78 is 47.9. The van der Waals surface area contributed by atoms with Gasteiger partial charge in [-0.2, -0.15) is 8.78 Å². The predicted octanol–water partition coefficient (Wildman–Crippen LogP) is 1.16. The molecule has 0 radical (unpaired) electrons. The number of carbonyl (C=O) groups is 1. The van der Waals surface area contributed by atoms with Crippen molar-refractivity contribution in [3.05, 3.63) is 0 Å². The lowest BCUT2D eigenvalue weighted by Crippen LogP contribution is -2.51. The van der Waals surface area contributed by atoms with Crippen LogP contribution in [0.15, 0.2) is 0 Å². The Morgan fingerprint density at radius 2 is 1.80 bits per heavy atom. The highest BCUT2D eigenvalue weighted by molar-refractivity contribution is 5.85. The molecule has 3 nitrogen and oxygen atoms in total. The second-order valence-electron chi connectivity index (χ2n) is 3.59. The summed E-state index contributed by atoms with van der Waals surface area (Å²) in [5.74, 6) is -6.67. The van der Waals surface area contributed by atoms with Gasteiger partial charge in [0.25, 0.3) is 5.91 Å². The summed E-state index contributed by atoms with van der Waals surface area (Å²) in [5, 5.41) is 1.65. The van der Waals surface area contributed by atoms with Gasteiger partial charge >= 0.3 is 12.3 Å². The van der Waals surface area contributed by atoms with E-state index in [4.69, 9.17) is 5.73 Å². The maximum Gasteiger partial charge on any atom is 0.383 e. The average molecular weight is 253 g/mol. The third-order valence-electron chi connectivity index (χ3n) is 1.28. The number of hydrogen-bond acceptors (Lipinski definition) is 2. The lowest BCUT2D eigenvalue weighted by Gasteiger charge is -2.21. The van der Waals surface area contributed by atoms with E-state index >= 15 is 0 Å². The molecule has 92 valence electrons. The van der Waals surface area contributed by atoms with Crippen LogP contribution in [0.4, 0.5) is 17.6 Å². The van der Waals surface area contributed by atoms with Gasteiger partial charge in [-0.3, -0.25) is 4.79 Å². The van der Waals surface area contributed by atoms with E-state index in [2.05, 4.69) is 0 Å². The molecule has 0 unspecified atom stereocenters. The van der Waals surface area contributed by atoms with Crippen molar-refractivity contribution in [2.45, 2.75) is 31.7 Å². The Kier molecular flexibility index (Phi) is 6.18. The van der Waals surface area contributed by atoms with Gasteiger partial charge in [0.15, 0.2) is 0 Å². The third-order valence-corrected chi connectivity index (χ3v) is 1.28. The van der Waals surface area contributed by atoms with E-state index in [1.54, 1.807) is 5.32 Å². The highest BCUT2D eigenvalue weighted by atomic mass is 35.5. The molecule has 0 bridgehead atoms. The molecule has 0 saturated carbocycles. The van der Waals surface area contributed by atoms with Crippen LogP contribution in [0.25, 0.3) is 0 Å². The van der Waals surface area contributed by atoms with Gasteiger partial charge in [-0.15, -0.1) is 12.4 Å². The summed E-state index contributed by atoms with van der Waals surface area (Å²) in [6.07, 6.45) is -4.01. The minimum absolute atomic E-state index is 0. The van der Waals surface area contributed by atoms with E-state index in [0.717, 1.165) is 0 Å². The molecule has 0 aromatic rings. The lowest BCUT2D eigenvalue weighted by atomic mass is 10.1. The number of nitrogens with one attached hydrogen (secondary N) is 1. The molecule has 0 aromatic heterocycles. The van der Waals surface area contributed by atoms with E-state index in [9.17, 15) is 22.4 Å². The molecule has 0 rings (SSSR count). The monoisotopic (exact) mass is 252 g/mol. The van der Waals surface area contributed by atoms with Gasteiger partial charge in [0.1, 0.15) is 0 Å². The highest BCUT2D eigenvalue weighted by Crippen LogP contribution is 2.22. The molecule has 0 fully saturated rings. The van der Waals surface area contributed by atoms with Crippen molar-refractivity contribution in [1.29, 1.82) is 0 Å². The van der Waals surface area contributed by atoms with Gasteiger partial charge in [0.2, 0.25) is 0 Å². The topological polar surface area (TPSA) is 55.1 Å². The van der Waals surface area contributed by atoms with Gasteiger partial charge in [-0.1, -0.05) is 0 Å². The van der Waals surface area contributed by atoms with Crippen molar-refractivity contribution in [1.82, 2.24) is 5.32 Å². The van der Waals surface area contributed by atoms with E-state index in [0.29, 0.717) is 0 Å². The molecule has 0 aliphatic carbocycles. The molecule has 0 saturated heterocycles. The molecular formula is C7H13ClF4N2O. The Morgan fingerprint density at radius 1 is 1.40 bits per heavy atom. The van der Waals surface area contributed by atoms with Crippen LogP contribution in [0.2, 0.25) is 0 Å². The van der Waals surface area contributed by atoms with Gasteiger partial charge in [-0.05, 0) is 13.8 Å². The van der Waals surface area contributed by atoms with E-state index < -0.39 is 23.8 Å². The van der Waals surface area contributed by atoms with Crippen molar-refractivity contribution < 1.29 is 22.4 Å². The van der Waals surface area contributed by atoms with Crippen molar-refractivity contribution in [2.24, 2.45) is 5.73 Å². The zero-order valence-corrected chi connectivity index (χ0v) is 9.01. The van der Waals surface area contributed by atoms with Crippen molar-refractivity contribution >= 4 is 18.3 Å². The summed E-state index contributed by atoms with van der Waals surface area (Å²) in [6.45, 7) is 2.63. The summed E-state index contributed by atoms with van der Waals surface area (Å²) >= 11 is 0. The summed E-state index contributed by atoms with van der Waals surface area (Å²) in [5.41, 5.74) is 4.43. The van der Waals surface area contributed by atoms with Crippen LogP contribution >= 0.6 is 12.4 Å². The summed E-state index contributed by atoms with van der Waals surface area (Å²) in [4.78, 5) is 10.6. The first kappa shape index (κ1) is 16.9. The first-order chi connectivity index (χ1) is 6.07. The summed E-state index contributed by atoms with van der Waals surface area (Å²) in [6, 6.07) is 0. The normalized spacial score (nSPS) is 12.3. The second kappa shape index (κ2) is 5.50. The highest BCUT2D eigenvalue weighted by Gasteiger charge is 2.48. The minimum atomic E-state index is -4.66. The van der Waals surface area contributed by atoms with Crippen LogP contribution in [0, 0.1) is 0 Å². The minimum Gasteiger partial charge on any atom is -0.349 e. The molecule has 0 aliphatic heterocycles. The molecular weight excluding hydrogens is 240 g/mol. The molecule has 0 atom stereocenters. The zero-order chi connectivity index (χ0) is 11.6. The van der Waals surface area contributed by atoms with E-state index in [-0.39, 0.29) is 19.0 Å². The van der Waals surface area contributed by atoms with E-state index in [1.807, 2.05) is 0 Å². The molecule has 8 heteroatoms. The molecule has 15 heavy (non-hydrogen) atoms. The largest absolute Gasteiger partial charge is 0.383 e. The van der Waals surface area contributed by atoms with Gasteiger partial charge in [-0.25, -0.2) is 8.78 Å². The Balaban J connectivity index is 0. The Morgan fingerprint density at radius 3 is 2.07 bits per heavy atom. The van der Waals surface area contributed by atoms with Crippen LogP contribution in [-0.4, -0.2) is 30.3 Å². The molecule has 1 amide bonds. The SMILES string of the molecule is CC(C)(N)CNC(=O)C(F)(F)C(F)F.Cl. The van der Waals surface area contributed by atoms with Crippen LogP contribution in [-0.2, 0) is 4.79 Å². The molecule has 3 N–H and O–H groups in total. The number of amides is 1. The fraction of sp³-hybridized carbons (Fsp3) is 0.857. The average Bonchev–Trinajstić information content (AvgIpc) is 1.98. The maximum atomic E-state index is 12.3. The Hall–Kier alpha value is -0.560. The second-order valence-corrected chi connectivity index (χ2v) is 3.59. The first-order valence-electron chi connectivity index (χ1n) is 3.80. The molecule has 0 aliphatic rings. The number of carbonyl (C=O) groups excluding carboxylic acids is 1. The quantitative estimate of drug-likeness (QED) is 0.738. The number of halogens is 5. The molecule has 0 spiro atoms. The van der Waals surface area contributed by atoms with Gasteiger partial charge < -0.3 is 11.1 Å². The van der Waals surface area contributed by atoms with Crippen molar-refractivity contribution in [2.75, 3.05) is 6.54 Å². The maximum absolute atomic E-state index is 12.3. The number of alkyl halides is 4. The molecule has 0 heterocycles. The lowest BCUT2D eigenvalue weighted by molar-refractivity contribution is -0.169. The fourth-order valence-electron chi connectivity index (χ4n) is 0.525. The van der Waals surface area contributed by atoms with E-state index in [1.165, 1.54) is 13.8 Å². The Labute approximate surface area is 90.8 Å². The smallest absolute Gasteiger partial charge is 0.349 e. The van der Waals surface area contributed by atoms with Crippen LogP contribution in [0.5, 0.6) is 0 Å². The van der Waals surface area contributed by atoms with Gasteiger partial charge in [0.05, 0.1) is 0 Å².